The van der Waals surface area contributed by atoms with Crippen molar-refractivity contribution in [3.8, 4) is 5.75 Å². The molecular weight excluding hydrogens is 548 g/mol. The second kappa shape index (κ2) is 11.4. The molecule has 14 nitrogen and oxygen atoms in total. The van der Waals surface area contributed by atoms with Gasteiger partial charge < -0.3 is 44.8 Å². The molecule has 0 fully saturated rings. The summed E-state index contributed by atoms with van der Waals surface area (Å²) in [5.74, 6) is 0.681. The fourth-order valence-electron chi connectivity index (χ4n) is 3.84. The van der Waals surface area contributed by atoms with E-state index in [-0.39, 0.29) is 23.2 Å². The lowest BCUT2D eigenvalue weighted by Crippen LogP contribution is -2.25. The molecule has 16 heteroatoms. The Morgan fingerprint density at radius 1 is 0.974 bits per heavy atom. The number of nitrogens with zero attached hydrogens (tertiary/aromatic N) is 5. The molecule has 0 aliphatic rings. The molecule has 0 aliphatic heterocycles. The number of aromatic nitrogens is 4. The van der Waals surface area contributed by atoms with Gasteiger partial charge in [0.2, 0.25) is 5.95 Å². The van der Waals surface area contributed by atoms with Crippen molar-refractivity contribution >= 4 is 54.4 Å². The minimum Gasteiger partial charge on any atom is -0.508 e. The monoisotopic (exact) mass is 577 g/mol. The summed E-state index contributed by atoms with van der Waals surface area (Å²) in [5, 5.41) is 14.3. The highest BCUT2D eigenvalue weighted by atomic mass is 31.2. The van der Waals surface area contributed by atoms with E-state index in [4.69, 9.17) is 0 Å². The summed E-state index contributed by atoms with van der Waals surface area (Å²) >= 11 is 0. The van der Waals surface area contributed by atoms with Crippen LogP contribution in [0.2, 0.25) is 0 Å². The topological polar surface area (TPSA) is 206 Å². The highest BCUT2D eigenvalue weighted by molar-refractivity contribution is 7.67. The standard InChI is InChI=1S/C23H29N7O7P2/c1-29(2)11-9-24-23-27-21(26-16-6-7-18(38(32,33)34)19(13-16)39(35,36)37)20-22(28-23)30(14-25-20)10-8-15-4-3-5-17(31)12-15/h3-7,12-14,31H,8-11H2,1-2H3,(H2,32,33,34)(H2,35,36,37)(H2,24,26,27,28). The van der Waals surface area contributed by atoms with Gasteiger partial charge in [-0.1, -0.05) is 12.1 Å². The minimum atomic E-state index is -5.02. The number of fused-ring (bicyclic) bond motifs is 1. The Morgan fingerprint density at radius 3 is 2.38 bits per heavy atom. The molecule has 2 heterocycles. The van der Waals surface area contributed by atoms with Crippen LogP contribution in [0, 0.1) is 0 Å². The van der Waals surface area contributed by atoms with Gasteiger partial charge in [0.15, 0.2) is 17.0 Å². The van der Waals surface area contributed by atoms with Gasteiger partial charge in [-0.05, 0) is 56.4 Å². The van der Waals surface area contributed by atoms with Gasteiger partial charge >= 0.3 is 15.2 Å². The largest absolute Gasteiger partial charge is 0.508 e. The number of benzene rings is 2. The van der Waals surface area contributed by atoms with Gasteiger partial charge in [0.1, 0.15) is 5.75 Å². The number of phenolic OH excluding ortho intramolecular Hbond substituents is 1. The molecule has 0 spiro atoms. The van der Waals surface area contributed by atoms with Gasteiger partial charge in [0.05, 0.1) is 16.9 Å². The van der Waals surface area contributed by atoms with E-state index in [1.807, 2.05) is 29.6 Å². The van der Waals surface area contributed by atoms with Gasteiger partial charge in [-0.3, -0.25) is 9.13 Å². The first-order valence-corrected chi connectivity index (χ1v) is 15.0. The van der Waals surface area contributed by atoms with E-state index >= 15 is 0 Å². The average molecular weight is 577 g/mol. The van der Waals surface area contributed by atoms with Crippen molar-refractivity contribution in [2.24, 2.45) is 0 Å². The maximum Gasteiger partial charge on any atom is 0.357 e. The SMILES string of the molecule is CN(C)CCNc1nc(Nc2ccc(P(=O)(O)O)c(P(=O)(O)O)c2)c2ncn(CCc3cccc(O)c3)c2n1. The predicted molar refractivity (Wildman–Crippen MR) is 147 cm³/mol. The van der Waals surface area contributed by atoms with Gasteiger partial charge in [0, 0.05) is 25.3 Å². The van der Waals surface area contributed by atoms with E-state index in [0.29, 0.717) is 37.2 Å². The molecule has 0 bridgehead atoms. The van der Waals surface area contributed by atoms with Crippen molar-refractivity contribution in [1.29, 1.82) is 0 Å². The number of phenols is 1. The zero-order valence-corrected chi connectivity index (χ0v) is 22.9. The van der Waals surface area contributed by atoms with Crippen LogP contribution < -0.4 is 21.2 Å². The fraction of sp³-hybridized carbons (Fsp3) is 0.261. The third kappa shape index (κ3) is 7.20. The molecule has 0 radical (unpaired) electrons. The van der Waals surface area contributed by atoms with Gasteiger partial charge in [-0.2, -0.15) is 9.97 Å². The summed E-state index contributed by atoms with van der Waals surface area (Å²) in [5.41, 5.74) is 1.92. The number of hydrogen-bond donors (Lipinski definition) is 7. The van der Waals surface area contributed by atoms with Crippen LogP contribution in [-0.2, 0) is 22.1 Å². The van der Waals surface area contributed by atoms with Crippen LogP contribution >= 0.6 is 15.2 Å². The Kier molecular flexibility index (Phi) is 8.38. The van der Waals surface area contributed by atoms with Crippen LogP contribution in [0.15, 0.2) is 48.8 Å². The van der Waals surface area contributed by atoms with E-state index < -0.39 is 25.8 Å². The van der Waals surface area contributed by atoms with Crippen LogP contribution in [0.4, 0.5) is 17.5 Å². The Hall–Kier alpha value is -3.35. The smallest absolute Gasteiger partial charge is 0.357 e. The molecule has 0 aliphatic carbocycles. The average Bonchev–Trinajstić information content (AvgIpc) is 3.24. The maximum absolute atomic E-state index is 12.0. The molecule has 0 saturated carbocycles. The van der Waals surface area contributed by atoms with E-state index in [0.717, 1.165) is 17.7 Å². The third-order valence-electron chi connectivity index (χ3n) is 5.72. The summed E-state index contributed by atoms with van der Waals surface area (Å²) in [6.07, 6.45) is 2.18. The van der Waals surface area contributed by atoms with Crippen LogP contribution in [0.3, 0.4) is 0 Å². The summed E-state index contributed by atoms with van der Waals surface area (Å²) in [7, 11) is -6.12. The zero-order chi connectivity index (χ0) is 28.4. The van der Waals surface area contributed by atoms with Crippen molar-refractivity contribution in [1.82, 2.24) is 24.4 Å². The molecule has 0 atom stereocenters. The second-order valence-corrected chi connectivity index (χ2v) is 12.2. The zero-order valence-electron chi connectivity index (χ0n) is 21.1. The Balaban J connectivity index is 1.72. The fourth-order valence-corrected chi connectivity index (χ4v) is 5.94. The quantitative estimate of drug-likeness (QED) is 0.125. The van der Waals surface area contributed by atoms with Crippen molar-refractivity contribution in [3.05, 3.63) is 54.4 Å². The molecule has 0 unspecified atom stereocenters. The lowest BCUT2D eigenvalue weighted by atomic mass is 10.1. The molecule has 2 aromatic carbocycles. The lowest BCUT2D eigenvalue weighted by Gasteiger charge is -2.15. The van der Waals surface area contributed by atoms with E-state index in [9.17, 15) is 33.8 Å². The van der Waals surface area contributed by atoms with Crippen molar-refractivity contribution in [2.45, 2.75) is 13.0 Å². The predicted octanol–water partition coefficient (Wildman–Crippen LogP) is 1.10. The second-order valence-electron chi connectivity index (χ2n) is 9.07. The number of anilines is 3. The van der Waals surface area contributed by atoms with Crippen LogP contribution in [0.5, 0.6) is 5.75 Å². The number of rotatable bonds is 11. The molecule has 4 aromatic rings. The molecular formula is C23H29N7O7P2. The number of hydrogen-bond acceptors (Lipinski definition) is 9. The van der Waals surface area contributed by atoms with E-state index in [1.165, 1.54) is 6.07 Å². The molecule has 0 saturated heterocycles. The van der Waals surface area contributed by atoms with Crippen molar-refractivity contribution in [3.63, 3.8) is 0 Å². The summed E-state index contributed by atoms with van der Waals surface area (Å²) < 4.78 is 25.6. The lowest BCUT2D eigenvalue weighted by molar-refractivity contribution is 0.381. The highest BCUT2D eigenvalue weighted by Crippen LogP contribution is 2.41. The Bertz CT molecular complexity index is 1580. The first kappa shape index (κ1) is 28.7. The normalized spacial score (nSPS) is 12.3. The molecule has 2 aromatic heterocycles. The van der Waals surface area contributed by atoms with Crippen molar-refractivity contribution in [2.75, 3.05) is 37.8 Å². The third-order valence-corrected chi connectivity index (χ3v) is 7.92. The molecule has 4 rings (SSSR count). The van der Waals surface area contributed by atoms with Crippen LogP contribution in [-0.4, -0.2) is 76.3 Å². The first-order valence-electron chi connectivity index (χ1n) is 11.7. The number of imidazole rings is 1. The molecule has 39 heavy (non-hydrogen) atoms. The van der Waals surface area contributed by atoms with Gasteiger partial charge in [-0.25, -0.2) is 4.98 Å². The summed E-state index contributed by atoms with van der Waals surface area (Å²) in [4.78, 5) is 54.1. The van der Waals surface area contributed by atoms with E-state index in [2.05, 4.69) is 25.6 Å². The van der Waals surface area contributed by atoms with Gasteiger partial charge in [-0.15, -0.1) is 0 Å². The molecule has 0 amide bonds. The Labute approximate surface area is 223 Å². The summed E-state index contributed by atoms with van der Waals surface area (Å²) in [6.45, 7) is 1.73. The van der Waals surface area contributed by atoms with Gasteiger partial charge in [0.25, 0.3) is 0 Å². The van der Waals surface area contributed by atoms with E-state index in [1.54, 1.807) is 24.5 Å². The maximum atomic E-state index is 12.0. The Morgan fingerprint density at radius 2 is 1.72 bits per heavy atom. The minimum absolute atomic E-state index is 0.138. The summed E-state index contributed by atoms with van der Waals surface area (Å²) in [6, 6.07) is 10.2. The molecule has 7 N–H and O–H groups in total. The van der Waals surface area contributed by atoms with Crippen molar-refractivity contribution < 1.29 is 33.8 Å². The number of aromatic hydroxyl groups is 1. The van der Waals surface area contributed by atoms with Crippen LogP contribution in [0.1, 0.15) is 5.56 Å². The molecule has 208 valence electrons. The highest BCUT2D eigenvalue weighted by Gasteiger charge is 2.31. The van der Waals surface area contributed by atoms with Crippen LogP contribution in [0.25, 0.3) is 11.2 Å². The first-order chi connectivity index (χ1) is 18.3. The number of nitrogens with one attached hydrogen (secondary N) is 2. The number of likely N-dealkylation sites (N-methyl/N-ethyl adjacent to an activating group) is 1. The number of aryl methyl sites for hydroxylation is 2.